The molecule has 2 unspecified atom stereocenters. The fraction of sp³-hybridized carbons (Fsp3) is 0.333. The molecule has 0 fully saturated rings. The summed E-state index contributed by atoms with van der Waals surface area (Å²) in [7, 11) is 1.72. The molecule has 5 nitrogen and oxygen atoms in total. The predicted molar refractivity (Wildman–Crippen MR) is 113 cm³/mol. The summed E-state index contributed by atoms with van der Waals surface area (Å²) in [6.07, 6.45) is 0. The lowest BCUT2D eigenvalue weighted by Gasteiger charge is -2.25. The van der Waals surface area contributed by atoms with Gasteiger partial charge in [-0.05, 0) is 69.3 Å². The minimum atomic E-state index is -0.500. The van der Waals surface area contributed by atoms with Gasteiger partial charge in [0.05, 0.1) is 18.6 Å². The Labute approximate surface area is 173 Å². The molecule has 0 saturated carbocycles. The van der Waals surface area contributed by atoms with Gasteiger partial charge in [0.1, 0.15) is 5.82 Å². The smallest absolute Gasteiger partial charge is 0.238 e. The number of rotatable bonds is 7. The van der Waals surface area contributed by atoms with Gasteiger partial charge < -0.3 is 10.6 Å². The lowest BCUT2D eigenvalue weighted by molar-refractivity contribution is -0.127. The van der Waals surface area contributed by atoms with E-state index in [9.17, 15) is 14.0 Å². The fourth-order valence-electron chi connectivity index (χ4n) is 2.69. The van der Waals surface area contributed by atoms with Crippen LogP contribution in [0.15, 0.2) is 46.9 Å². The largest absolute Gasteiger partial charge is 0.348 e. The molecule has 0 aliphatic rings. The molecule has 0 radical (unpaired) electrons. The minimum absolute atomic E-state index is 0.0784. The second-order valence-corrected chi connectivity index (χ2v) is 7.80. The molecule has 0 heterocycles. The highest BCUT2D eigenvalue weighted by Crippen LogP contribution is 2.20. The van der Waals surface area contributed by atoms with Crippen molar-refractivity contribution in [2.45, 2.75) is 32.9 Å². The Morgan fingerprint density at radius 2 is 1.79 bits per heavy atom. The number of hydrogen-bond acceptors (Lipinski definition) is 3. The van der Waals surface area contributed by atoms with E-state index in [2.05, 4.69) is 26.6 Å². The number of anilines is 1. The normalized spacial score (nSPS) is 13.1. The van der Waals surface area contributed by atoms with Crippen molar-refractivity contribution in [2.75, 3.05) is 18.9 Å². The van der Waals surface area contributed by atoms with Crippen LogP contribution in [0.1, 0.15) is 31.0 Å². The van der Waals surface area contributed by atoms with Crippen LogP contribution in [0, 0.1) is 12.7 Å². The van der Waals surface area contributed by atoms with Gasteiger partial charge in [0.15, 0.2) is 0 Å². The molecule has 2 amide bonds. The van der Waals surface area contributed by atoms with Crippen LogP contribution >= 0.6 is 15.9 Å². The van der Waals surface area contributed by atoms with Crippen molar-refractivity contribution in [3.8, 4) is 0 Å². The van der Waals surface area contributed by atoms with E-state index in [4.69, 9.17) is 0 Å². The number of hydrogen-bond donors (Lipinski definition) is 2. The molecule has 0 aromatic heterocycles. The van der Waals surface area contributed by atoms with Gasteiger partial charge in [-0.15, -0.1) is 0 Å². The lowest BCUT2D eigenvalue weighted by atomic mass is 10.1. The van der Waals surface area contributed by atoms with Gasteiger partial charge in [-0.1, -0.05) is 28.1 Å². The van der Waals surface area contributed by atoms with Crippen molar-refractivity contribution in [1.82, 2.24) is 10.2 Å². The van der Waals surface area contributed by atoms with E-state index in [0.717, 1.165) is 21.3 Å². The van der Waals surface area contributed by atoms with Crippen LogP contribution in [0.5, 0.6) is 0 Å². The Bertz CT molecular complexity index is 842. The maximum Gasteiger partial charge on any atom is 0.238 e. The third-order valence-corrected chi connectivity index (χ3v) is 5.12. The number of carbonyl (C=O) groups excluding carboxylic acids is 2. The van der Waals surface area contributed by atoms with Crippen LogP contribution in [-0.4, -0.2) is 36.3 Å². The quantitative estimate of drug-likeness (QED) is 0.670. The predicted octanol–water partition coefficient (Wildman–Crippen LogP) is 4.03. The van der Waals surface area contributed by atoms with Gasteiger partial charge in [0.2, 0.25) is 11.8 Å². The molecule has 0 aliphatic heterocycles. The first-order valence-electron chi connectivity index (χ1n) is 8.99. The average Bonchev–Trinajstić information content (AvgIpc) is 2.63. The Balaban J connectivity index is 1.89. The molecular formula is C21H25BrFN3O2. The SMILES string of the molecule is Cc1cc(Br)ccc1NC(=O)CN(C)C(C)C(=O)NC(C)c1ccc(F)cc1. The number of benzene rings is 2. The van der Waals surface area contributed by atoms with E-state index < -0.39 is 6.04 Å². The van der Waals surface area contributed by atoms with Gasteiger partial charge in [0, 0.05) is 10.2 Å². The first-order valence-corrected chi connectivity index (χ1v) is 9.78. The maximum atomic E-state index is 13.0. The first kappa shape index (κ1) is 22.0. The van der Waals surface area contributed by atoms with Gasteiger partial charge >= 0.3 is 0 Å². The van der Waals surface area contributed by atoms with Crippen molar-refractivity contribution in [3.63, 3.8) is 0 Å². The summed E-state index contributed by atoms with van der Waals surface area (Å²) in [6, 6.07) is 10.9. The molecule has 2 rings (SSSR count). The molecule has 150 valence electrons. The van der Waals surface area contributed by atoms with Gasteiger partial charge in [-0.3, -0.25) is 14.5 Å². The molecule has 2 aromatic rings. The van der Waals surface area contributed by atoms with Crippen LogP contribution in [0.4, 0.5) is 10.1 Å². The van der Waals surface area contributed by atoms with Crippen LogP contribution in [0.3, 0.4) is 0 Å². The van der Waals surface area contributed by atoms with E-state index in [-0.39, 0.29) is 30.2 Å². The third-order valence-electron chi connectivity index (χ3n) is 4.62. The van der Waals surface area contributed by atoms with Crippen molar-refractivity contribution in [1.29, 1.82) is 0 Å². The summed E-state index contributed by atoms with van der Waals surface area (Å²) < 4.78 is 14.0. The molecule has 28 heavy (non-hydrogen) atoms. The van der Waals surface area contributed by atoms with E-state index in [1.807, 2.05) is 32.0 Å². The molecular weight excluding hydrogens is 425 g/mol. The summed E-state index contributed by atoms with van der Waals surface area (Å²) in [5.74, 6) is -0.714. The summed E-state index contributed by atoms with van der Waals surface area (Å²) in [6.45, 7) is 5.57. The Hall–Kier alpha value is -2.25. The molecule has 0 saturated heterocycles. The van der Waals surface area contributed by atoms with Gasteiger partial charge in [-0.2, -0.15) is 0 Å². The number of nitrogens with zero attached hydrogens (tertiary/aromatic N) is 1. The zero-order chi connectivity index (χ0) is 20.8. The zero-order valence-electron chi connectivity index (χ0n) is 16.4. The Morgan fingerprint density at radius 3 is 2.39 bits per heavy atom. The summed E-state index contributed by atoms with van der Waals surface area (Å²) in [5, 5.41) is 5.76. The zero-order valence-corrected chi connectivity index (χ0v) is 18.0. The molecule has 0 aliphatic carbocycles. The number of likely N-dealkylation sites (N-methyl/N-ethyl adjacent to an activating group) is 1. The third kappa shape index (κ3) is 6.14. The summed E-state index contributed by atoms with van der Waals surface area (Å²) in [5.41, 5.74) is 2.50. The highest BCUT2D eigenvalue weighted by Gasteiger charge is 2.22. The monoisotopic (exact) mass is 449 g/mol. The molecule has 2 atom stereocenters. The summed E-state index contributed by atoms with van der Waals surface area (Å²) in [4.78, 5) is 26.5. The van der Waals surface area contributed by atoms with Crippen molar-refractivity contribution in [3.05, 3.63) is 63.9 Å². The molecule has 7 heteroatoms. The number of halogens is 2. The molecule has 2 N–H and O–H groups in total. The van der Waals surface area contributed by atoms with E-state index in [0.29, 0.717) is 0 Å². The highest BCUT2D eigenvalue weighted by molar-refractivity contribution is 9.10. The standard InChI is InChI=1S/C21H25BrFN3O2/c1-13-11-17(22)7-10-19(13)25-20(27)12-26(4)15(3)21(28)24-14(2)16-5-8-18(23)9-6-16/h5-11,14-15H,12H2,1-4H3,(H,24,28)(H,25,27). The second-order valence-electron chi connectivity index (χ2n) is 6.88. The summed E-state index contributed by atoms with van der Waals surface area (Å²) >= 11 is 3.39. The van der Waals surface area contributed by atoms with Crippen molar-refractivity contribution in [2.24, 2.45) is 0 Å². The van der Waals surface area contributed by atoms with Crippen LogP contribution in [0.2, 0.25) is 0 Å². The number of carbonyl (C=O) groups is 2. The van der Waals surface area contributed by atoms with Crippen LogP contribution in [-0.2, 0) is 9.59 Å². The van der Waals surface area contributed by atoms with Gasteiger partial charge in [-0.25, -0.2) is 4.39 Å². The highest BCUT2D eigenvalue weighted by atomic mass is 79.9. The molecule has 0 bridgehead atoms. The molecule has 2 aromatic carbocycles. The van der Waals surface area contributed by atoms with Gasteiger partial charge in [0.25, 0.3) is 0 Å². The number of amides is 2. The number of aryl methyl sites for hydroxylation is 1. The average molecular weight is 450 g/mol. The Morgan fingerprint density at radius 1 is 1.14 bits per heavy atom. The van der Waals surface area contributed by atoms with Crippen molar-refractivity contribution < 1.29 is 14.0 Å². The maximum absolute atomic E-state index is 13.0. The molecule has 0 spiro atoms. The van der Waals surface area contributed by atoms with E-state index >= 15 is 0 Å². The fourth-order valence-corrected chi connectivity index (χ4v) is 3.17. The van der Waals surface area contributed by atoms with Crippen molar-refractivity contribution >= 4 is 33.4 Å². The Kier molecular flexibility index (Phi) is 7.71. The minimum Gasteiger partial charge on any atom is -0.348 e. The first-order chi connectivity index (χ1) is 13.2. The van der Waals surface area contributed by atoms with E-state index in [1.165, 1.54) is 12.1 Å². The van der Waals surface area contributed by atoms with Crippen LogP contribution in [0.25, 0.3) is 0 Å². The van der Waals surface area contributed by atoms with E-state index in [1.54, 1.807) is 31.0 Å². The lowest BCUT2D eigenvalue weighted by Crippen LogP contribution is -2.46. The van der Waals surface area contributed by atoms with Crippen LogP contribution < -0.4 is 10.6 Å². The second kappa shape index (κ2) is 9.80. The number of nitrogens with one attached hydrogen (secondary N) is 2. The topological polar surface area (TPSA) is 61.4 Å².